The molecule has 1 aliphatic carbocycles. The Morgan fingerprint density at radius 3 is 2.48 bits per heavy atom. The molecule has 2 fully saturated rings. The lowest BCUT2D eigenvalue weighted by Gasteiger charge is -2.22. The summed E-state index contributed by atoms with van der Waals surface area (Å²) in [6, 6.07) is 8.64. The fourth-order valence-corrected chi connectivity index (χ4v) is 2.99. The maximum Gasteiger partial charge on any atom is 0.119 e. The number of benzene rings is 1. The van der Waals surface area contributed by atoms with Gasteiger partial charge in [-0.2, -0.15) is 0 Å². The Hall–Kier alpha value is -1.06. The molecule has 0 spiro atoms. The lowest BCUT2D eigenvalue weighted by molar-refractivity contribution is 0.0640. The third-order valence-corrected chi connectivity index (χ3v) is 4.50. The highest BCUT2D eigenvalue weighted by atomic mass is 16.6. The van der Waals surface area contributed by atoms with Crippen LogP contribution in [0.5, 0.6) is 5.75 Å². The predicted octanol–water partition coefficient (Wildman–Crippen LogP) is 3.92. The van der Waals surface area contributed by atoms with Gasteiger partial charge in [-0.1, -0.05) is 31.4 Å². The lowest BCUT2D eigenvalue weighted by Crippen LogP contribution is -2.17. The molecular weight excluding hydrogens is 264 g/mol. The van der Waals surface area contributed by atoms with Crippen LogP contribution in [0.4, 0.5) is 0 Å². The first-order valence-electron chi connectivity index (χ1n) is 8.20. The Morgan fingerprint density at radius 2 is 1.81 bits per heavy atom. The van der Waals surface area contributed by atoms with Crippen molar-refractivity contribution >= 4 is 0 Å². The van der Waals surface area contributed by atoms with Crippen molar-refractivity contribution < 1.29 is 14.2 Å². The monoisotopic (exact) mass is 290 g/mol. The molecule has 1 aliphatic heterocycles. The van der Waals surface area contributed by atoms with E-state index in [0.717, 1.165) is 18.3 Å². The number of ether oxygens (including phenoxy) is 3. The van der Waals surface area contributed by atoms with E-state index in [0.29, 0.717) is 19.8 Å². The molecular formula is C18H26O3. The molecule has 116 valence electrons. The Kier molecular flexibility index (Phi) is 4.81. The van der Waals surface area contributed by atoms with E-state index >= 15 is 0 Å². The summed E-state index contributed by atoms with van der Waals surface area (Å²) in [6.07, 6.45) is 6.84. The van der Waals surface area contributed by atoms with Crippen molar-refractivity contribution in [1.82, 2.24) is 0 Å². The van der Waals surface area contributed by atoms with Gasteiger partial charge >= 0.3 is 0 Å². The second-order valence-electron chi connectivity index (χ2n) is 6.54. The Balaban J connectivity index is 1.37. The van der Waals surface area contributed by atoms with Crippen molar-refractivity contribution in [2.75, 3.05) is 26.4 Å². The number of rotatable bonds is 7. The van der Waals surface area contributed by atoms with Crippen LogP contribution in [0.15, 0.2) is 24.3 Å². The van der Waals surface area contributed by atoms with Crippen molar-refractivity contribution in [2.24, 2.45) is 0 Å². The molecule has 1 aromatic rings. The minimum absolute atomic E-state index is 0.0261. The minimum Gasteiger partial charge on any atom is -0.491 e. The average Bonchev–Trinajstić information content (AvgIpc) is 3.26. The van der Waals surface area contributed by atoms with E-state index in [1.54, 1.807) is 0 Å². The molecule has 1 saturated carbocycles. The van der Waals surface area contributed by atoms with Gasteiger partial charge in [0.25, 0.3) is 0 Å². The average molecular weight is 290 g/mol. The maximum atomic E-state index is 5.72. The van der Waals surface area contributed by atoms with Crippen LogP contribution in [0.3, 0.4) is 0 Å². The fourth-order valence-electron chi connectivity index (χ4n) is 2.99. The lowest BCUT2D eigenvalue weighted by atomic mass is 9.84. The van der Waals surface area contributed by atoms with Crippen LogP contribution >= 0.6 is 0 Å². The van der Waals surface area contributed by atoms with E-state index in [-0.39, 0.29) is 5.60 Å². The fraction of sp³-hybridized carbons (Fsp3) is 0.667. The summed E-state index contributed by atoms with van der Waals surface area (Å²) in [5, 5.41) is 0. The Labute approximate surface area is 127 Å². The van der Waals surface area contributed by atoms with Gasteiger partial charge in [-0.05, 0) is 43.4 Å². The number of epoxide rings is 1. The van der Waals surface area contributed by atoms with Gasteiger partial charge in [-0.15, -0.1) is 0 Å². The van der Waals surface area contributed by atoms with Crippen LogP contribution in [0.2, 0.25) is 0 Å². The molecule has 0 radical (unpaired) electrons. The van der Waals surface area contributed by atoms with Crippen molar-refractivity contribution in [3.63, 3.8) is 0 Å². The normalized spacial score (nSPS) is 25.8. The van der Waals surface area contributed by atoms with Crippen molar-refractivity contribution in [2.45, 2.75) is 50.5 Å². The smallest absolute Gasteiger partial charge is 0.119 e. The zero-order valence-electron chi connectivity index (χ0n) is 13.0. The van der Waals surface area contributed by atoms with Crippen molar-refractivity contribution in [1.29, 1.82) is 0 Å². The molecule has 2 aliphatic rings. The quantitative estimate of drug-likeness (QED) is 0.563. The van der Waals surface area contributed by atoms with E-state index in [2.05, 4.69) is 31.2 Å². The first-order chi connectivity index (χ1) is 10.3. The molecule has 3 heteroatoms. The summed E-state index contributed by atoms with van der Waals surface area (Å²) in [5.41, 5.74) is 1.44. The van der Waals surface area contributed by atoms with Crippen molar-refractivity contribution in [3.05, 3.63) is 29.8 Å². The molecule has 0 amide bonds. The molecule has 21 heavy (non-hydrogen) atoms. The molecule has 1 unspecified atom stereocenters. The topological polar surface area (TPSA) is 31.0 Å². The van der Waals surface area contributed by atoms with Gasteiger partial charge in [0, 0.05) is 0 Å². The molecule has 0 aromatic heterocycles. The van der Waals surface area contributed by atoms with Gasteiger partial charge in [-0.3, -0.25) is 0 Å². The summed E-state index contributed by atoms with van der Waals surface area (Å²) in [5.74, 6) is 1.70. The highest BCUT2D eigenvalue weighted by Gasteiger charge is 2.39. The number of hydrogen-bond acceptors (Lipinski definition) is 3. The summed E-state index contributed by atoms with van der Waals surface area (Å²) < 4.78 is 16.5. The molecule has 3 rings (SSSR count). The summed E-state index contributed by atoms with van der Waals surface area (Å²) in [4.78, 5) is 0. The Bertz CT molecular complexity index is 430. The number of hydrogen-bond donors (Lipinski definition) is 0. The van der Waals surface area contributed by atoms with Crippen LogP contribution in [0.25, 0.3) is 0 Å². The zero-order chi connectivity index (χ0) is 14.5. The molecule has 0 N–H and O–H groups in total. The van der Waals surface area contributed by atoms with E-state index < -0.39 is 0 Å². The zero-order valence-corrected chi connectivity index (χ0v) is 13.0. The standard InChI is InChI=1S/C18H26O3/c1-18(14-21-18)13-19-11-12-20-17-9-7-16(8-10-17)15-5-3-2-4-6-15/h7-10,15H,2-6,11-14H2,1H3. The summed E-state index contributed by atoms with van der Waals surface area (Å²) in [6.45, 7) is 4.76. The Morgan fingerprint density at radius 1 is 1.10 bits per heavy atom. The summed E-state index contributed by atoms with van der Waals surface area (Å²) >= 11 is 0. The first kappa shape index (κ1) is 14.9. The van der Waals surface area contributed by atoms with E-state index in [1.165, 1.54) is 37.7 Å². The summed E-state index contributed by atoms with van der Waals surface area (Å²) in [7, 11) is 0. The largest absolute Gasteiger partial charge is 0.491 e. The van der Waals surface area contributed by atoms with E-state index in [1.807, 2.05) is 0 Å². The van der Waals surface area contributed by atoms with Crippen LogP contribution in [-0.4, -0.2) is 32.0 Å². The first-order valence-corrected chi connectivity index (χ1v) is 8.20. The van der Waals surface area contributed by atoms with Crippen molar-refractivity contribution in [3.8, 4) is 5.75 Å². The van der Waals surface area contributed by atoms with Crippen LogP contribution in [-0.2, 0) is 9.47 Å². The van der Waals surface area contributed by atoms with Gasteiger partial charge in [0.2, 0.25) is 0 Å². The van der Waals surface area contributed by atoms with Gasteiger partial charge in [0.15, 0.2) is 0 Å². The molecule has 3 nitrogen and oxygen atoms in total. The third kappa shape index (κ3) is 4.45. The van der Waals surface area contributed by atoms with Crippen LogP contribution < -0.4 is 4.74 Å². The van der Waals surface area contributed by atoms with Crippen LogP contribution in [0, 0.1) is 0 Å². The molecule has 1 saturated heterocycles. The van der Waals surface area contributed by atoms with Gasteiger partial charge in [0.05, 0.1) is 19.8 Å². The molecule has 1 aromatic carbocycles. The molecule has 1 heterocycles. The minimum atomic E-state index is -0.0261. The highest BCUT2D eigenvalue weighted by molar-refractivity contribution is 5.29. The van der Waals surface area contributed by atoms with E-state index in [4.69, 9.17) is 14.2 Å². The third-order valence-electron chi connectivity index (χ3n) is 4.50. The van der Waals surface area contributed by atoms with Gasteiger partial charge < -0.3 is 14.2 Å². The van der Waals surface area contributed by atoms with Gasteiger partial charge in [-0.25, -0.2) is 0 Å². The highest BCUT2D eigenvalue weighted by Crippen LogP contribution is 2.33. The predicted molar refractivity (Wildman–Crippen MR) is 82.9 cm³/mol. The SMILES string of the molecule is CC1(COCCOc2ccc(C3CCCCC3)cc2)CO1. The maximum absolute atomic E-state index is 5.72. The van der Waals surface area contributed by atoms with Gasteiger partial charge in [0.1, 0.15) is 18.0 Å². The van der Waals surface area contributed by atoms with E-state index in [9.17, 15) is 0 Å². The second kappa shape index (κ2) is 6.80. The molecule has 0 bridgehead atoms. The molecule has 1 atom stereocenters. The van der Waals surface area contributed by atoms with Crippen LogP contribution in [0.1, 0.15) is 50.5 Å². The second-order valence-corrected chi connectivity index (χ2v) is 6.54.